The number of hydrogen-bond donors (Lipinski definition) is 0. The van der Waals surface area contributed by atoms with Gasteiger partial charge in [-0.15, -0.1) is 11.3 Å². The van der Waals surface area contributed by atoms with Gasteiger partial charge in [-0.3, -0.25) is 9.36 Å². The van der Waals surface area contributed by atoms with Crippen LogP contribution in [0.25, 0.3) is 21.3 Å². The van der Waals surface area contributed by atoms with Gasteiger partial charge in [0.2, 0.25) is 0 Å². The van der Waals surface area contributed by atoms with Gasteiger partial charge in [0.25, 0.3) is 5.56 Å². The first-order chi connectivity index (χ1) is 12.1. The molecule has 0 aliphatic heterocycles. The van der Waals surface area contributed by atoms with E-state index in [0.29, 0.717) is 16.8 Å². The van der Waals surface area contributed by atoms with E-state index < -0.39 is 0 Å². The molecule has 0 saturated heterocycles. The van der Waals surface area contributed by atoms with E-state index in [1.54, 1.807) is 23.0 Å². The van der Waals surface area contributed by atoms with E-state index in [1.807, 2.05) is 36.6 Å². The molecule has 0 radical (unpaired) electrons. The fourth-order valence-electron chi connectivity index (χ4n) is 2.78. The summed E-state index contributed by atoms with van der Waals surface area (Å²) < 4.78 is 15.4. The molecule has 0 bridgehead atoms. The fourth-order valence-corrected chi connectivity index (χ4v) is 3.75. The molecule has 0 saturated carbocycles. The van der Waals surface area contributed by atoms with E-state index in [2.05, 4.69) is 4.98 Å². The first-order valence-corrected chi connectivity index (χ1v) is 8.78. The molecule has 0 aliphatic carbocycles. The molecule has 0 aliphatic rings. The Kier molecular flexibility index (Phi) is 3.93. The summed E-state index contributed by atoms with van der Waals surface area (Å²) in [4.78, 5) is 17.3. The molecule has 124 valence electrons. The maximum Gasteiger partial charge on any atom is 0.271 e. The van der Waals surface area contributed by atoms with Gasteiger partial charge in [0.1, 0.15) is 10.5 Å². The van der Waals surface area contributed by atoms with Crippen molar-refractivity contribution in [3.05, 3.63) is 87.5 Å². The molecule has 2 aromatic heterocycles. The number of hydrogen-bond acceptors (Lipinski definition) is 3. The first-order valence-electron chi connectivity index (χ1n) is 7.90. The van der Waals surface area contributed by atoms with E-state index in [1.165, 1.54) is 29.0 Å². The van der Waals surface area contributed by atoms with Gasteiger partial charge in [0.05, 0.1) is 18.4 Å². The molecule has 0 unspecified atom stereocenters. The highest BCUT2D eigenvalue weighted by Crippen LogP contribution is 2.30. The van der Waals surface area contributed by atoms with Crippen molar-refractivity contribution in [2.45, 2.75) is 13.5 Å². The molecule has 4 rings (SSSR count). The molecule has 2 heterocycles. The number of rotatable bonds is 3. The number of benzene rings is 2. The van der Waals surface area contributed by atoms with E-state index in [0.717, 1.165) is 16.7 Å². The Bertz CT molecular complexity index is 1100. The van der Waals surface area contributed by atoms with Crippen molar-refractivity contribution in [2.24, 2.45) is 0 Å². The van der Waals surface area contributed by atoms with Crippen molar-refractivity contribution in [3.8, 4) is 11.1 Å². The Morgan fingerprint density at radius 3 is 2.52 bits per heavy atom. The van der Waals surface area contributed by atoms with Crippen LogP contribution in [0.3, 0.4) is 0 Å². The zero-order chi connectivity index (χ0) is 17.4. The van der Waals surface area contributed by atoms with Crippen LogP contribution in [-0.2, 0) is 6.54 Å². The highest BCUT2D eigenvalue weighted by molar-refractivity contribution is 7.17. The maximum atomic E-state index is 13.1. The molecule has 0 atom stereocenters. The average Bonchev–Trinajstić information content (AvgIpc) is 3.05. The smallest absolute Gasteiger partial charge is 0.271 e. The van der Waals surface area contributed by atoms with Gasteiger partial charge in [-0.1, -0.05) is 42.0 Å². The van der Waals surface area contributed by atoms with E-state index in [-0.39, 0.29) is 11.4 Å². The number of fused-ring (bicyclic) bond motifs is 1. The highest BCUT2D eigenvalue weighted by Gasteiger charge is 2.12. The number of thiophene rings is 1. The second-order valence-electron chi connectivity index (χ2n) is 6.00. The minimum absolute atomic E-state index is 0.0519. The third-order valence-corrected chi connectivity index (χ3v) is 5.13. The van der Waals surface area contributed by atoms with Gasteiger partial charge in [-0.05, 0) is 30.2 Å². The minimum atomic E-state index is -0.281. The fraction of sp³-hybridized carbons (Fsp3) is 0.100. The van der Waals surface area contributed by atoms with Crippen molar-refractivity contribution in [2.75, 3.05) is 0 Å². The lowest BCUT2D eigenvalue weighted by Crippen LogP contribution is -2.20. The van der Waals surface area contributed by atoms with Gasteiger partial charge in [0.15, 0.2) is 0 Å². The molecule has 0 spiro atoms. The Labute approximate surface area is 148 Å². The topological polar surface area (TPSA) is 34.9 Å². The Morgan fingerprint density at radius 1 is 1.08 bits per heavy atom. The van der Waals surface area contributed by atoms with Crippen LogP contribution in [0.1, 0.15) is 11.1 Å². The van der Waals surface area contributed by atoms with Crippen LogP contribution in [0, 0.1) is 12.7 Å². The third kappa shape index (κ3) is 2.98. The number of aryl methyl sites for hydroxylation is 1. The monoisotopic (exact) mass is 350 g/mol. The van der Waals surface area contributed by atoms with Crippen LogP contribution >= 0.6 is 11.3 Å². The van der Waals surface area contributed by atoms with Crippen LogP contribution in [-0.4, -0.2) is 9.55 Å². The van der Waals surface area contributed by atoms with Crippen LogP contribution in [0.15, 0.2) is 65.0 Å². The van der Waals surface area contributed by atoms with Gasteiger partial charge < -0.3 is 0 Å². The van der Waals surface area contributed by atoms with Crippen LogP contribution in [0.2, 0.25) is 0 Å². The first kappa shape index (κ1) is 15.7. The average molecular weight is 350 g/mol. The standard InChI is InChI=1S/C20H15FN2OS/c1-13-2-4-14(5-3-13)10-23-12-22-18-17(11-25-19(18)20(23)24)15-6-8-16(21)9-7-15/h2-9,11-12H,10H2,1H3. The third-order valence-electron chi connectivity index (χ3n) is 4.17. The number of nitrogens with zero attached hydrogens (tertiary/aromatic N) is 2. The van der Waals surface area contributed by atoms with Crippen molar-refractivity contribution in [3.63, 3.8) is 0 Å². The lowest BCUT2D eigenvalue weighted by atomic mass is 10.1. The van der Waals surface area contributed by atoms with Crippen molar-refractivity contribution in [1.29, 1.82) is 0 Å². The predicted octanol–water partition coefficient (Wildman–Crippen LogP) is 4.62. The second kappa shape index (κ2) is 6.26. The minimum Gasteiger partial charge on any atom is -0.294 e. The molecule has 2 aromatic carbocycles. The Balaban J connectivity index is 1.75. The molecule has 0 fully saturated rings. The number of aromatic nitrogens is 2. The van der Waals surface area contributed by atoms with E-state index >= 15 is 0 Å². The molecule has 3 nitrogen and oxygen atoms in total. The maximum absolute atomic E-state index is 13.1. The predicted molar refractivity (Wildman–Crippen MR) is 99.6 cm³/mol. The summed E-state index contributed by atoms with van der Waals surface area (Å²) in [5, 5.41) is 1.91. The molecular weight excluding hydrogens is 335 g/mol. The summed E-state index contributed by atoms with van der Waals surface area (Å²) in [6, 6.07) is 14.3. The SMILES string of the molecule is Cc1ccc(Cn2cnc3c(-c4ccc(F)cc4)csc3c2=O)cc1. The van der Waals surface area contributed by atoms with E-state index in [4.69, 9.17) is 0 Å². The Hall–Kier alpha value is -2.79. The van der Waals surface area contributed by atoms with Crippen LogP contribution in [0.5, 0.6) is 0 Å². The zero-order valence-electron chi connectivity index (χ0n) is 13.6. The molecule has 0 N–H and O–H groups in total. The summed E-state index contributed by atoms with van der Waals surface area (Å²) >= 11 is 1.38. The molecule has 25 heavy (non-hydrogen) atoms. The van der Waals surface area contributed by atoms with Gasteiger partial charge >= 0.3 is 0 Å². The molecule has 5 heteroatoms. The second-order valence-corrected chi connectivity index (χ2v) is 6.88. The lowest BCUT2D eigenvalue weighted by Gasteiger charge is -2.06. The summed E-state index contributed by atoms with van der Waals surface area (Å²) in [6.07, 6.45) is 1.59. The summed E-state index contributed by atoms with van der Waals surface area (Å²) in [6.45, 7) is 2.53. The quantitative estimate of drug-likeness (QED) is 0.540. The van der Waals surface area contributed by atoms with E-state index in [9.17, 15) is 9.18 Å². The summed E-state index contributed by atoms with van der Waals surface area (Å²) in [5.41, 5.74) is 4.58. The van der Waals surface area contributed by atoms with Crippen molar-refractivity contribution >= 4 is 21.6 Å². The molecule has 0 amide bonds. The van der Waals surface area contributed by atoms with Crippen molar-refractivity contribution in [1.82, 2.24) is 9.55 Å². The van der Waals surface area contributed by atoms with Crippen LogP contribution < -0.4 is 5.56 Å². The van der Waals surface area contributed by atoms with Gasteiger partial charge in [-0.25, -0.2) is 9.37 Å². The Morgan fingerprint density at radius 2 is 1.80 bits per heavy atom. The normalized spacial score (nSPS) is 11.1. The zero-order valence-corrected chi connectivity index (χ0v) is 14.4. The highest BCUT2D eigenvalue weighted by atomic mass is 32.1. The molecular formula is C20H15FN2OS. The summed E-state index contributed by atoms with van der Waals surface area (Å²) in [5.74, 6) is -0.281. The largest absolute Gasteiger partial charge is 0.294 e. The van der Waals surface area contributed by atoms with Crippen molar-refractivity contribution < 1.29 is 4.39 Å². The lowest BCUT2D eigenvalue weighted by molar-refractivity contribution is 0.628. The van der Waals surface area contributed by atoms with Crippen LogP contribution in [0.4, 0.5) is 4.39 Å². The van der Waals surface area contributed by atoms with Gasteiger partial charge in [-0.2, -0.15) is 0 Å². The molecule has 4 aromatic rings. The van der Waals surface area contributed by atoms with Gasteiger partial charge in [0, 0.05) is 10.9 Å². The number of halogens is 1. The summed E-state index contributed by atoms with van der Waals surface area (Å²) in [7, 11) is 0.